The number of aliphatic hydroxyl groups excluding tert-OH is 1. The Morgan fingerprint density at radius 3 is 2.61 bits per heavy atom. The van der Waals surface area contributed by atoms with E-state index in [9.17, 15) is 14.7 Å². The van der Waals surface area contributed by atoms with Crippen LogP contribution in [0.15, 0.2) is 36.0 Å². The van der Waals surface area contributed by atoms with Crippen molar-refractivity contribution in [3.05, 3.63) is 58.7 Å². The number of hydrogen-bond acceptors (Lipinski definition) is 7. The lowest BCUT2D eigenvalue weighted by molar-refractivity contribution is -0.139. The average molecular weight is 453 g/mol. The van der Waals surface area contributed by atoms with Crippen molar-refractivity contribution in [1.82, 2.24) is 19.8 Å². The number of carbonyl (C=O) groups excluding carboxylic acids is 2. The molecule has 1 aliphatic rings. The highest BCUT2D eigenvalue weighted by atomic mass is 16.5. The molecule has 0 bridgehead atoms. The number of aromatic nitrogens is 2. The molecule has 0 radical (unpaired) electrons. The third-order valence-electron chi connectivity index (χ3n) is 5.44. The summed E-state index contributed by atoms with van der Waals surface area (Å²) in [6, 6.07) is 6.59. The summed E-state index contributed by atoms with van der Waals surface area (Å²) in [6.07, 6.45) is 2.15. The molecule has 1 N–H and O–H groups in total. The number of carbonyl (C=O) groups is 2. The third kappa shape index (κ3) is 5.39. The van der Waals surface area contributed by atoms with E-state index in [0.29, 0.717) is 41.4 Å². The predicted molar refractivity (Wildman–Crippen MR) is 126 cm³/mol. The standard InChI is InChI=1S/C25H32N4O4/c1-15(2)33-19-10-7-9-18(13-19)22-21(23(30)20-14-26-17(4)27-16(20)3)24(31)25(32)29(22)12-8-11-28(5)6/h7,9-10,13-15,22,30H,8,11-12H2,1-6H3/t22-/m1/s1. The molecule has 1 atom stereocenters. The molecule has 33 heavy (non-hydrogen) atoms. The minimum atomic E-state index is -0.733. The number of nitrogens with zero attached hydrogens (tertiary/aromatic N) is 4. The lowest BCUT2D eigenvalue weighted by atomic mass is 9.95. The summed E-state index contributed by atoms with van der Waals surface area (Å²) in [5, 5.41) is 11.2. The maximum absolute atomic E-state index is 13.2. The molecule has 1 amide bonds. The lowest BCUT2D eigenvalue weighted by Crippen LogP contribution is -2.32. The lowest BCUT2D eigenvalue weighted by Gasteiger charge is -2.26. The summed E-state index contributed by atoms with van der Waals surface area (Å²) >= 11 is 0. The van der Waals surface area contributed by atoms with Gasteiger partial charge in [0.05, 0.1) is 29.0 Å². The van der Waals surface area contributed by atoms with Crippen LogP contribution in [0.25, 0.3) is 5.76 Å². The Morgan fingerprint density at radius 1 is 1.24 bits per heavy atom. The average Bonchev–Trinajstić information content (AvgIpc) is 2.98. The fraction of sp³-hybridized carbons (Fsp3) is 0.440. The van der Waals surface area contributed by atoms with Gasteiger partial charge in [-0.3, -0.25) is 9.59 Å². The number of ether oxygens (including phenoxy) is 1. The summed E-state index contributed by atoms with van der Waals surface area (Å²) in [5.74, 6) is -0.403. The highest BCUT2D eigenvalue weighted by molar-refractivity contribution is 6.46. The number of aryl methyl sites for hydroxylation is 2. The minimum Gasteiger partial charge on any atom is -0.507 e. The Bertz CT molecular complexity index is 1080. The highest BCUT2D eigenvalue weighted by Gasteiger charge is 2.46. The zero-order valence-electron chi connectivity index (χ0n) is 20.1. The Balaban J connectivity index is 2.13. The SMILES string of the molecule is Cc1ncc(C(O)=C2C(=O)C(=O)N(CCCN(C)C)[C@@H]2c2cccc(OC(C)C)c2)c(C)n1. The van der Waals surface area contributed by atoms with Gasteiger partial charge in [0.2, 0.25) is 0 Å². The van der Waals surface area contributed by atoms with Crippen molar-refractivity contribution in [2.45, 2.75) is 46.3 Å². The number of rotatable bonds is 8. The molecule has 1 aliphatic heterocycles. The van der Waals surface area contributed by atoms with Gasteiger partial charge in [0.1, 0.15) is 17.3 Å². The first kappa shape index (κ1) is 24.4. The largest absolute Gasteiger partial charge is 0.507 e. The van der Waals surface area contributed by atoms with Gasteiger partial charge in [-0.2, -0.15) is 0 Å². The molecule has 8 heteroatoms. The second kappa shape index (κ2) is 10.1. The Labute approximate surface area is 194 Å². The fourth-order valence-corrected chi connectivity index (χ4v) is 4.01. The van der Waals surface area contributed by atoms with Crippen LogP contribution in [0.4, 0.5) is 0 Å². The molecule has 0 unspecified atom stereocenters. The van der Waals surface area contributed by atoms with E-state index in [4.69, 9.17) is 4.74 Å². The number of benzene rings is 1. The van der Waals surface area contributed by atoms with Crippen molar-refractivity contribution >= 4 is 17.4 Å². The van der Waals surface area contributed by atoms with Gasteiger partial charge in [0.25, 0.3) is 11.7 Å². The summed E-state index contributed by atoms with van der Waals surface area (Å²) in [7, 11) is 3.91. The maximum Gasteiger partial charge on any atom is 0.295 e. The summed E-state index contributed by atoms with van der Waals surface area (Å²) in [5.41, 5.74) is 1.62. The molecule has 0 spiro atoms. The van der Waals surface area contributed by atoms with E-state index in [1.54, 1.807) is 13.8 Å². The molecule has 3 rings (SSSR count). The van der Waals surface area contributed by atoms with Gasteiger partial charge in [0.15, 0.2) is 0 Å². The third-order valence-corrected chi connectivity index (χ3v) is 5.44. The highest BCUT2D eigenvalue weighted by Crippen LogP contribution is 2.40. The summed E-state index contributed by atoms with van der Waals surface area (Å²) in [4.78, 5) is 38.3. The van der Waals surface area contributed by atoms with Crippen LogP contribution in [0.5, 0.6) is 5.75 Å². The van der Waals surface area contributed by atoms with Crippen molar-refractivity contribution in [2.24, 2.45) is 0 Å². The normalized spacial score (nSPS) is 17.9. The topological polar surface area (TPSA) is 95.9 Å². The monoisotopic (exact) mass is 452 g/mol. The van der Waals surface area contributed by atoms with Crippen LogP contribution >= 0.6 is 0 Å². The van der Waals surface area contributed by atoms with Gasteiger partial charge < -0.3 is 19.6 Å². The fourth-order valence-electron chi connectivity index (χ4n) is 4.01. The molecular weight excluding hydrogens is 420 g/mol. The molecule has 8 nitrogen and oxygen atoms in total. The number of amides is 1. The van der Waals surface area contributed by atoms with Gasteiger partial charge in [-0.1, -0.05) is 12.1 Å². The Morgan fingerprint density at radius 2 is 1.97 bits per heavy atom. The molecule has 2 aromatic rings. The number of hydrogen-bond donors (Lipinski definition) is 1. The number of Topliss-reactive ketones (excluding diaryl/α,β-unsaturated/α-hetero) is 1. The summed E-state index contributed by atoms with van der Waals surface area (Å²) < 4.78 is 5.83. The van der Waals surface area contributed by atoms with Gasteiger partial charge in [-0.15, -0.1) is 0 Å². The zero-order valence-corrected chi connectivity index (χ0v) is 20.1. The van der Waals surface area contributed by atoms with Crippen molar-refractivity contribution in [3.8, 4) is 5.75 Å². The Kier molecular flexibility index (Phi) is 7.48. The molecule has 176 valence electrons. The molecule has 2 heterocycles. The molecule has 1 aromatic carbocycles. The number of aliphatic hydroxyl groups is 1. The van der Waals surface area contributed by atoms with Gasteiger partial charge >= 0.3 is 0 Å². The smallest absolute Gasteiger partial charge is 0.295 e. The van der Waals surface area contributed by atoms with Crippen LogP contribution in [0.1, 0.15) is 49.0 Å². The van der Waals surface area contributed by atoms with Crippen LogP contribution < -0.4 is 4.74 Å². The van der Waals surface area contributed by atoms with Crippen LogP contribution in [0, 0.1) is 13.8 Å². The summed E-state index contributed by atoms with van der Waals surface area (Å²) in [6.45, 7) is 8.49. The second-order valence-electron chi connectivity index (χ2n) is 8.80. The van der Waals surface area contributed by atoms with E-state index >= 15 is 0 Å². The molecule has 1 fully saturated rings. The van der Waals surface area contributed by atoms with E-state index in [0.717, 1.165) is 6.54 Å². The van der Waals surface area contributed by atoms with Crippen LogP contribution in [-0.2, 0) is 9.59 Å². The van der Waals surface area contributed by atoms with E-state index in [2.05, 4.69) is 9.97 Å². The first-order valence-electron chi connectivity index (χ1n) is 11.1. The number of likely N-dealkylation sites (tertiary alicyclic amines) is 1. The first-order valence-corrected chi connectivity index (χ1v) is 11.1. The van der Waals surface area contributed by atoms with Crippen molar-refractivity contribution in [3.63, 3.8) is 0 Å². The van der Waals surface area contributed by atoms with Gasteiger partial charge in [-0.25, -0.2) is 9.97 Å². The number of ketones is 1. The van der Waals surface area contributed by atoms with Crippen molar-refractivity contribution in [1.29, 1.82) is 0 Å². The minimum absolute atomic E-state index is 0.0286. The molecule has 1 aromatic heterocycles. The quantitative estimate of drug-likeness (QED) is 0.373. The van der Waals surface area contributed by atoms with E-state index < -0.39 is 17.7 Å². The van der Waals surface area contributed by atoms with Gasteiger partial charge in [-0.05, 0) is 72.5 Å². The van der Waals surface area contributed by atoms with Crippen molar-refractivity contribution in [2.75, 3.05) is 27.2 Å². The van der Waals surface area contributed by atoms with Crippen LogP contribution in [-0.4, -0.2) is 69.9 Å². The maximum atomic E-state index is 13.2. The van der Waals surface area contributed by atoms with Crippen molar-refractivity contribution < 1.29 is 19.4 Å². The first-order chi connectivity index (χ1) is 15.6. The van der Waals surface area contributed by atoms with E-state index in [1.807, 2.05) is 57.1 Å². The van der Waals surface area contributed by atoms with Crippen LogP contribution in [0.2, 0.25) is 0 Å². The van der Waals surface area contributed by atoms with E-state index in [-0.39, 0.29) is 17.4 Å². The predicted octanol–water partition coefficient (Wildman–Crippen LogP) is 3.25. The van der Waals surface area contributed by atoms with E-state index in [1.165, 1.54) is 11.1 Å². The Hall–Kier alpha value is -3.26. The zero-order chi connectivity index (χ0) is 24.3. The molecule has 1 saturated heterocycles. The molecular formula is C25H32N4O4. The molecule has 0 saturated carbocycles. The van der Waals surface area contributed by atoms with Crippen LogP contribution in [0.3, 0.4) is 0 Å². The van der Waals surface area contributed by atoms with Gasteiger partial charge in [0, 0.05) is 12.7 Å². The molecule has 0 aliphatic carbocycles. The second-order valence-corrected chi connectivity index (χ2v) is 8.80.